The van der Waals surface area contributed by atoms with Gasteiger partial charge in [0.2, 0.25) is 0 Å². The molecular weight excluding hydrogens is 180 g/mol. The lowest BCUT2D eigenvalue weighted by Gasteiger charge is -2.15. The molecule has 0 aromatic heterocycles. The summed E-state index contributed by atoms with van der Waals surface area (Å²) in [6.07, 6.45) is 2.00. The highest BCUT2D eigenvalue weighted by Crippen LogP contribution is 2.07. The Kier molecular flexibility index (Phi) is 3.92. The van der Waals surface area contributed by atoms with E-state index in [0.29, 0.717) is 12.8 Å². The van der Waals surface area contributed by atoms with Crippen LogP contribution in [0, 0.1) is 0 Å². The van der Waals surface area contributed by atoms with Crippen LogP contribution in [0.3, 0.4) is 0 Å². The van der Waals surface area contributed by atoms with E-state index in [0.717, 1.165) is 26.1 Å². The van der Waals surface area contributed by atoms with Gasteiger partial charge in [-0.15, -0.1) is 0 Å². The van der Waals surface area contributed by atoms with Gasteiger partial charge in [0.25, 0.3) is 0 Å². The molecule has 0 atom stereocenters. The molecule has 0 aromatic carbocycles. The molecule has 4 nitrogen and oxygen atoms in total. The fourth-order valence-electron chi connectivity index (χ4n) is 1.55. The number of ketones is 1. The number of amides is 2. The second kappa shape index (κ2) is 4.98. The summed E-state index contributed by atoms with van der Waals surface area (Å²) < 4.78 is 0. The SMILES string of the molecule is CCC(=O)CCCN1CCN(C)C1=O. The largest absolute Gasteiger partial charge is 0.326 e. The molecule has 1 aliphatic rings. The monoisotopic (exact) mass is 198 g/mol. The Bertz CT molecular complexity index is 228. The zero-order chi connectivity index (χ0) is 10.6. The molecule has 1 fully saturated rings. The number of carbonyl (C=O) groups excluding carboxylic acids is 2. The number of hydrogen-bond donors (Lipinski definition) is 0. The van der Waals surface area contributed by atoms with Crippen molar-refractivity contribution in [2.75, 3.05) is 26.7 Å². The van der Waals surface area contributed by atoms with Gasteiger partial charge in [-0.3, -0.25) is 4.79 Å². The van der Waals surface area contributed by atoms with Crippen molar-refractivity contribution in [3.05, 3.63) is 0 Å². The highest BCUT2D eigenvalue weighted by Gasteiger charge is 2.24. The topological polar surface area (TPSA) is 40.6 Å². The number of nitrogens with zero attached hydrogens (tertiary/aromatic N) is 2. The van der Waals surface area contributed by atoms with Crippen LogP contribution in [-0.4, -0.2) is 48.3 Å². The third kappa shape index (κ3) is 2.72. The minimum absolute atomic E-state index is 0.0916. The van der Waals surface area contributed by atoms with Crippen LogP contribution < -0.4 is 0 Å². The zero-order valence-electron chi connectivity index (χ0n) is 8.95. The highest BCUT2D eigenvalue weighted by molar-refractivity contribution is 5.78. The van der Waals surface area contributed by atoms with Crippen LogP contribution in [-0.2, 0) is 4.79 Å². The minimum Gasteiger partial charge on any atom is -0.326 e. The van der Waals surface area contributed by atoms with Crippen molar-refractivity contribution in [2.24, 2.45) is 0 Å². The smallest absolute Gasteiger partial charge is 0.319 e. The van der Waals surface area contributed by atoms with Crippen molar-refractivity contribution in [1.82, 2.24) is 9.80 Å². The molecule has 80 valence electrons. The summed E-state index contributed by atoms with van der Waals surface area (Å²) in [5.74, 6) is 0.282. The van der Waals surface area contributed by atoms with E-state index < -0.39 is 0 Å². The number of carbonyl (C=O) groups is 2. The second-order valence-corrected chi connectivity index (χ2v) is 3.69. The van der Waals surface area contributed by atoms with E-state index in [2.05, 4.69) is 0 Å². The average Bonchev–Trinajstić information content (AvgIpc) is 2.49. The molecule has 0 N–H and O–H groups in total. The van der Waals surface area contributed by atoms with Crippen LogP contribution in [0.1, 0.15) is 26.2 Å². The first-order chi connectivity index (χ1) is 6.65. The fraction of sp³-hybridized carbons (Fsp3) is 0.800. The summed E-state index contributed by atoms with van der Waals surface area (Å²) in [5.41, 5.74) is 0. The first kappa shape index (κ1) is 11.0. The van der Waals surface area contributed by atoms with Crippen LogP contribution in [0.5, 0.6) is 0 Å². The summed E-state index contributed by atoms with van der Waals surface area (Å²) in [5, 5.41) is 0. The van der Waals surface area contributed by atoms with Crippen LogP contribution in [0.25, 0.3) is 0 Å². The molecule has 14 heavy (non-hydrogen) atoms. The Morgan fingerprint density at radius 1 is 1.43 bits per heavy atom. The Morgan fingerprint density at radius 2 is 2.14 bits per heavy atom. The minimum atomic E-state index is 0.0916. The van der Waals surface area contributed by atoms with E-state index in [-0.39, 0.29) is 11.8 Å². The Balaban J connectivity index is 2.19. The maximum atomic E-state index is 11.4. The predicted octanol–water partition coefficient (Wildman–Crippen LogP) is 1.11. The van der Waals surface area contributed by atoms with Gasteiger partial charge in [0.05, 0.1) is 0 Å². The van der Waals surface area contributed by atoms with Crippen molar-refractivity contribution in [1.29, 1.82) is 0 Å². The maximum Gasteiger partial charge on any atom is 0.319 e. The van der Waals surface area contributed by atoms with Crippen LogP contribution in [0.2, 0.25) is 0 Å². The lowest BCUT2D eigenvalue weighted by molar-refractivity contribution is -0.118. The molecule has 0 radical (unpaired) electrons. The van der Waals surface area contributed by atoms with E-state index in [9.17, 15) is 9.59 Å². The summed E-state index contributed by atoms with van der Waals surface area (Å²) in [7, 11) is 1.81. The van der Waals surface area contributed by atoms with Crippen LogP contribution in [0.15, 0.2) is 0 Å². The lowest BCUT2D eigenvalue weighted by Crippen LogP contribution is -2.30. The Morgan fingerprint density at radius 3 is 2.64 bits per heavy atom. The number of urea groups is 1. The first-order valence-corrected chi connectivity index (χ1v) is 5.17. The van der Waals surface area contributed by atoms with Gasteiger partial charge in [-0.05, 0) is 6.42 Å². The molecule has 0 spiro atoms. The van der Waals surface area contributed by atoms with Gasteiger partial charge < -0.3 is 9.80 Å². The Labute approximate surface area is 84.9 Å². The van der Waals surface area contributed by atoms with Gasteiger partial charge in [0.1, 0.15) is 5.78 Å². The van der Waals surface area contributed by atoms with E-state index in [4.69, 9.17) is 0 Å². The molecule has 0 unspecified atom stereocenters. The molecule has 4 heteroatoms. The third-order valence-corrected chi connectivity index (χ3v) is 2.58. The van der Waals surface area contributed by atoms with Gasteiger partial charge in [-0.25, -0.2) is 4.79 Å². The molecule has 0 saturated carbocycles. The molecular formula is C10H18N2O2. The second-order valence-electron chi connectivity index (χ2n) is 3.69. The molecule has 0 bridgehead atoms. The Hall–Kier alpha value is -1.06. The number of likely N-dealkylation sites (N-methyl/N-ethyl adjacent to an activating group) is 1. The predicted molar refractivity (Wildman–Crippen MR) is 54.1 cm³/mol. The number of rotatable bonds is 5. The molecule has 2 amide bonds. The van der Waals surface area contributed by atoms with Crippen molar-refractivity contribution in [2.45, 2.75) is 26.2 Å². The van der Waals surface area contributed by atoms with Gasteiger partial charge in [0.15, 0.2) is 0 Å². The zero-order valence-corrected chi connectivity index (χ0v) is 8.95. The standard InChI is InChI=1S/C10H18N2O2/c1-3-9(13)5-4-6-12-8-7-11(2)10(12)14/h3-8H2,1-2H3. The van der Waals surface area contributed by atoms with E-state index in [1.54, 1.807) is 11.9 Å². The van der Waals surface area contributed by atoms with E-state index in [1.165, 1.54) is 0 Å². The third-order valence-electron chi connectivity index (χ3n) is 2.58. The average molecular weight is 198 g/mol. The molecule has 1 rings (SSSR count). The van der Waals surface area contributed by atoms with Gasteiger partial charge in [-0.1, -0.05) is 6.92 Å². The van der Waals surface area contributed by atoms with E-state index in [1.807, 2.05) is 11.8 Å². The van der Waals surface area contributed by atoms with Crippen LogP contribution in [0.4, 0.5) is 4.79 Å². The van der Waals surface area contributed by atoms with Crippen molar-refractivity contribution in [3.63, 3.8) is 0 Å². The van der Waals surface area contributed by atoms with Gasteiger partial charge in [-0.2, -0.15) is 0 Å². The summed E-state index contributed by atoms with van der Waals surface area (Å²) in [6, 6.07) is 0.0916. The van der Waals surface area contributed by atoms with E-state index >= 15 is 0 Å². The van der Waals surface area contributed by atoms with Crippen molar-refractivity contribution < 1.29 is 9.59 Å². The first-order valence-electron chi connectivity index (χ1n) is 5.17. The molecule has 1 aliphatic heterocycles. The summed E-state index contributed by atoms with van der Waals surface area (Å²) >= 11 is 0. The molecule has 1 heterocycles. The fourth-order valence-corrected chi connectivity index (χ4v) is 1.55. The van der Waals surface area contributed by atoms with Gasteiger partial charge >= 0.3 is 6.03 Å². The normalized spacial score (nSPS) is 16.6. The number of hydrogen-bond acceptors (Lipinski definition) is 2. The quantitative estimate of drug-likeness (QED) is 0.664. The lowest BCUT2D eigenvalue weighted by atomic mass is 10.2. The van der Waals surface area contributed by atoms with Crippen LogP contribution >= 0.6 is 0 Å². The summed E-state index contributed by atoms with van der Waals surface area (Å²) in [4.78, 5) is 26.0. The van der Waals surface area contributed by atoms with Gasteiger partial charge in [0, 0.05) is 39.5 Å². The van der Waals surface area contributed by atoms with Crippen molar-refractivity contribution in [3.8, 4) is 0 Å². The molecule has 0 aliphatic carbocycles. The number of Topliss-reactive ketones (excluding diaryl/α,β-unsaturated/α-hetero) is 1. The summed E-state index contributed by atoms with van der Waals surface area (Å²) in [6.45, 7) is 4.20. The highest BCUT2D eigenvalue weighted by atomic mass is 16.2. The molecule has 0 aromatic rings. The van der Waals surface area contributed by atoms with Crippen molar-refractivity contribution >= 4 is 11.8 Å². The molecule has 1 saturated heterocycles. The maximum absolute atomic E-state index is 11.4.